The zero-order valence-corrected chi connectivity index (χ0v) is 8.23. The highest BCUT2D eigenvalue weighted by atomic mass is 16.2. The maximum Gasteiger partial charge on any atom is 0.227 e. The third-order valence-electron chi connectivity index (χ3n) is 2.50. The predicted octanol–water partition coefficient (Wildman–Crippen LogP) is 1.71. The van der Waals surface area contributed by atoms with Crippen LogP contribution in [0.3, 0.4) is 0 Å². The molecular weight excluding hydrogens is 174 g/mol. The van der Waals surface area contributed by atoms with Crippen molar-refractivity contribution in [2.75, 3.05) is 13.6 Å². The van der Waals surface area contributed by atoms with Gasteiger partial charge in [0.1, 0.15) is 0 Å². The van der Waals surface area contributed by atoms with E-state index < -0.39 is 0 Å². The van der Waals surface area contributed by atoms with Gasteiger partial charge in [-0.3, -0.25) is 4.79 Å². The van der Waals surface area contributed by atoms with Crippen molar-refractivity contribution in [1.29, 1.82) is 0 Å². The fourth-order valence-corrected chi connectivity index (χ4v) is 1.60. The minimum absolute atomic E-state index is 0.182. The van der Waals surface area contributed by atoms with Crippen molar-refractivity contribution in [3.8, 4) is 0 Å². The Balaban J connectivity index is 2.39. The zero-order chi connectivity index (χ0) is 9.97. The predicted molar refractivity (Wildman–Crippen MR) is 56.8 cm³/mol. The quantitative estimate of drug-likeness (QED) is 0.605. The molecule has 0 spiro atoms. The number of benzene rings is 1. The lowest BCUT2D eigenvalue weighted by atomic mass is 10.0. The standard InChI is InChI=1S/C12H13NO/c1-13-8-4-7-10-5-2-3-6-11(10)9-12(13)14/h2-7H,8-9H2,1H3/b7-4-. The van der Waals surface area contributed by atoms with Crippen molar-refractivity contribution < 1.29 is 4.79 Å². The van der Waals surface area contributed by atoms with E-state index >= 15 is 0 Å². The largest absolute Gasteiger partial charge is 0.342 e. The summed E-state index contributed by atoms with van der Waals surface area (Å²) in [6, 6.07) is 8.03. The molecule has 0 aromatic heterocycles. The highest BCUT2D eigenvalue weighted by Gasteiger charge is 2.12. The summed E-state index contributed by atoms with van der Waals surface area (Å²) in [4.78, 5) is 13.4. The van der Waals surface area contributed by atoms with Crippen molar-refractivity contribution >= 4 is 12.0 Å². The lowest BCUT2D eigenvalue weighted by molar-refractivity contribution is -0.128. The van der Waals surface area contributed by atoms with Crippen LogP contribution in [0.4, 0.5) is 0 Å². The molecule has 2 nitrogen and oxygen atoms in total. The minimum atomic E-state index is 0.182. The van der Waals surface area contributed by atoms with Gasteiger partial charge in [-0.15, -0.1) is 0 Å². The Bertz CT molecular complexity index is 382. The summed E-state index contributed by atoms with van der Waals surface area (Å²) in [5, 5.41) is 0. The molecular formula is C12H13NO. The molecule has 14 heavy (non-hydrogen) atoms. The number of likely N-dealkylation sites (N-methyl/N-ethyl adjacent to an activating group) is 1. The number of carbonyl (C=O) groups is 1. The highest BCUT2D eigenvalue weighted by Crippen LogP contribution is 2.14. The molecule has 0 fully saturated rings. The summed E-state index contributed by atoms with van der Waals surface area (Å²) in [5.74, 6) is 0.182. The van der Waals surface area contributed by atoms with Gasteiger partial charge in [0, 0.05) is 13.6 Å². The number of amides is 1. The molecule has 0 bridgehead atoms. The van der Waals surface area contributed by atoms with Gasteiger partial charge in [0.05, 0.1) is 6.42 Å². The third kappa shape index (κ3) is 1.69. The molecule has 1 aliphatic rings. The van der Waals surface area contributed by atoms with Gasteiger partial charge in [0.15, 0.2) is 0 Å². The molecule has 1 heterocycles. The summed E-state index contributed by atoms with van der Waals surface area (Å²) in [5.41, 5.74) is 2.27. The second-order valence-corrected chi connectivity index (χ2v) is 3.55. The summed E-state index contributed by atoms with van der Waals surface area (Å²) >= 11 is 0. The van der Waals surface area contributed by atoms with Crippen LogP contribution in [0, 0.1) is 0 Å². The minimum Gasteiger partial charge on any atom is -0.342 e. The van der Waals surface area contributed by atoms with Crippen LogP contribution >= 0.6 is 0 Å². The van der Waals surface area contributed by atoms with Crippen LogP contribution in [0.25, 0.3) is 6.08 Å². The van der Waals surface area contributed by atoms with Gasteiger partial charge in [-0.2, -0.15) is 0 Å². The molecule has 0 N–H and O–H groups in total. The molecule has 0 radical (unpaired) electrons. The van der Waals surface area contributed by atoms with Crippen molar-refractivity contribution in [2.45, 2.75) is 6.42 Å². The molecule has 0 saturated heterocycles. The van der Waals surface area contributed by atoms with Crippen molar-refractivity contribution in [2.24, 2.45) is 0 Å². The Morgan fingerprint density at radius 2 is 2.07 bits per heavy atom. The zero-order valence-electron chi connectivity index (χ0n) is 8.23. The molecule has 1 aliphatic heterocycles. The molecule has 2 heteroatoms. The maximum absolute atomic E-state index is 11.6. The van der Waals surface area contributed by atoms with E-state index in [1.54, 1.807) is 4.90 Å². The Hall–Kier alpha value is -1.57. The smallest absolute Gasteiger partial charge is 0.227 e. The van der Waals surface area contributed by atoms with E-state index in [4.69, 9.17) is 0 Å². The fraction of sp³-hybridized carbons (Fsp3) is 0.250. The number of fused-ring (bicyclic) bond motifs is 1. The molecule has 2 rings (SSSR count). The Morgan fingerprint density at radius 3 is 2.93 bits per heavy atom. The second-order valence-electron chi connectivity index (χ2n) is 3.55. The summed E-state index contributed by atoms with van der Waals surface area (Å²) in [6.45, 7) is 0.702. The fourth-order valence-electron chi connectivity index (χ4n) is 1.60. The Morgan fingerprint density at radius 1 is 1.29 bits per heavy atom. The number of carbonyl (C=O) groups excluding carboxylic acids is 1. The number of nitrogens with zero attached hydrogens (tertiary/aromatic N) is 1. The van der Waals surface area contributed by atoms with Crippen molar-refractivity contribution in [3.63, 3.8) is 0 Å². The molecule has 1 aromatic carbocycles. The molecule has 0 aliphatic carbocycles. The van der Waals surface area contributed by atoms with Crippen LogP contribution < -0.4 is 0 Å². The summed E-state index contributed by atoms with van der Waals surface area (Å²) in [7, 11) is 1.83. The summed E-state index contributed by atoms with van der Waals surface area (Å²) in [6.07, 6.45) is 4.62. The van der Waals surface area contributed by atoms with E-state index in [9.17, 15) is 4.79 Å². The van der Waals surface area contributed by atoms with Crippen LogP contribution in [0.5, 0.6) is 0 Å². The van der Waals surface area contributed by atoms with Gasteiger partial charge < -0.3 is 4.90 Å². The van der Waals surface area contributed by atoms with E-state index in [-0.39, 0.29) is 5.91 Å². The van der Waals surface area contributed by atoms with Crippen LogP contribution in [0.1, 0.15) is 11.1 Å². The Kier molecular flexibility index (Phi) is 2.35. The summed E-state index contributed by atoms with van der Waals surface area (Å²) < 4.78 is 0. The number of hydrogen-bond acceptors (Lipinski definition) is 1. The second kappa shape index (κ2) is 3.66. The first-order valence-electron chi connectivity index (χ1n) is 4.76. The Labute approximate surface area is 83.8 Å². The molecule has 0 atom stereocenters. The first-order chi connectivity index (χ1) is 6.77. The van der Waals surface area contributed by atoms with E-state index in [0.29, 0.717) is 13.0 Å². The molecule has 1 aromatic rings. The van der Waals surface area contributed by atoms with E-state index in [1.165, 1.54) is 0 Å². The number of hydrogen-bond donors (Lipinski definition) is 0. The van der Waals surface area contributed by atoms with Gasteiger partial charge >= 0.3 is 0 Å². The SMILES string of the molecule is CN1C/C=C\c2ccccc2CC1=O. The van der Waals surface area contributed by atoms with Gasteiger partial charge in [-0.05, 0) is 11.1 Å². The van der Waals surface area contributed by atoms with Crippen molar-refractivity contribution in [1.82, 2.24) is 4.90 Å². The normalized spacial score (nSPS) is 18.4. The van der Waals surface area contributed by atoms with Crippen LogP contribution in [0.2, 0.25) is 0 Å². The first kappa shape index (κ1) is 9.00. The van der Waals surface area contributed by atoms with E-state index in [2.05, 4.69) is 6.08 Å². The van der Waals surface area contributed by atoms with Gasteiger partial charge in [0.25, 0.3) is 0 Å². The lowest BCUT2D eigenvalue weighted by Crippen LogP contribution is -2.29. The maximum atomic E-state index is 11.6. The highest BCUT2D eigenvalue weighted by molar-refractivity contribution is 5.80. The van der Waals surface area contributed by atoms with Crippen LogP contribution in [-0.4, -0.2) is 24.4 Å². The van der Waals surface area contributed by atoms with Crippen molar-refractivity contribution in [3.05, 3.63) is 41.5 Å². The third-order valence-corrected chi connectivity index (χ3v) is 2.50. The topological polar surface area (TPSA) is 20.3 Å². The van der Waals surface area contributed by atoms with Gasteiger partial charge in [-0.1, -0.05) is 36.4 Å². The van der Waals surface area contributed by atoms with Gasteiger partial charge in [0.2, 0.25) is 5.91 Å². The van der Waals surface area contributed by atoms with E-state index in [0.717, 1.165) is 11.1 Å². The molecule has 0 saturated carbocycles. The average Bonchev–Trinajstić information content (AvgIpc) is 2.18. The molecule has 0 unspecified atom stereocenters. The number of rotatable bonds is 0. The molecule has 72 valence electrons. The average molecular weight is 187 g/mol. The first-order valence-corrected chi connectivity index (χ1v) is 4.76. The monoisotopic (exact) mass is 187 g/mol. The molecule has 1 amide bonds. The van der Waals surface area contributed by atoms with Gasteiger partial charge in [-0.25, -0.2) is 0 Å². The van der Waals surface area contributed by atoms with Crippen LogP contribution in [-0.2, 0) is 11.2 Å². The van der Waals surface area contributed by atoms with E-state index in [1.807, 2.05) is 37.4 Å². The lowest BCUT2D eigenvalue weighted by Gasteiger charge is -2.18. The van der Waals surface area contributed by atoms with Crippen LogP contribution in [0.15, 0.2) is 30.3 Å².